The lowest BCUT2D eigenvalue weighted by Gasteiger charge is -1.99. The number of methoxy groups -OCH3 is 1. The summed E-state index contributed by atoms with van der Waals surface area (Å²) >= 11 is 0. The second-order valence-electron chi connectivity index (χ2n) is 1.62. The first kappa shape index (κ1) is 10.3. The zero-order valence-electron chi connectivity index (χ0n) is 6.66. The van der Waals surface area contributed by atoms with E-state index in [2.05, 4.69) is 19.6 Å². The molecule has 5 nitrogen and oxygen atoms in total. The Morgan fingerprint density at radius 2 is 2.09 bits per heavy atom. The summed E-state index contributed by atoms with van der Waals surface area (Å²) in [6.45, 7) is 2.29. The molecule has 0 bridgehead atoms. The molecule has 0 heterocycles. The van der Waals surface area contributed by atoms with Gasteiger partial charge in [0.2, 0.25) is 0 Å². The van der Waals surface area contributed by atoms with Crippen molar-refractivity contribution >= 4 is 5.97 Å². The van der Waals surface area contributed by atoms with E-state index < -0.39 is 0 Å². The van der Waals surface area contributed by atoms with Crippen LogP contribution in [0.15, 0.2) is 0 Å². The molecule has 66 valence electrons. The van der Waals surface area contributed by atoms with E-state index in [1.807, 2.05) is 0 Å². The molecule has 11 heavy (non-hydrogen) atoms. The van der Waals surface area contributed by atoms with E-state index in [-0.39, 0.29) is 19.0 Å². The molecule has 0 aliphatic carbocycles. The number of hydrogen-bond acceptors (Lipinski definition) is 5. The largest absolute Gasteiger partial charge is 0.469 e. The SMILES string of the molecule is CCOOOCCC(=O)OC. The van der Waals surface area contributed by atoms with Crippen LogP contribution in [0, 0.1) is 0 Å². The van der Waals surface area contributed by atoms with Crippen molar-refractivity contribution < 1.29 is 24.3 Å². The molecule has 0 spiro atoms. The maximum atomic E-state index is 10.4. The molecule has 0 rings (SSSR count). The van der Waals surface area contributed by atoms with Crippen LogP contribution >= 0.6 is 0 Å². The van der Waals surface area contributed by atoms with Gasteiger partial charge in [-0.25, -0.2) is 9.78 Å². The van der Waals surface area contributed by atoms with Crippen LogP contribution < -0.4 is 0 Å². The molecule has 0 amide bonds. The maximum absolute atomic E-state index is 10.4. The van der Waals surface area contributed by atoms with Crippen molar-refractivity contribution in [2.24, 2.45) is 0 Å². The average Bonchev–Trinajstić information content (AvgIpc) is 2.04. The number of rotatable bonds is 6. The van der Waals surface area contributed by atoms with Gasteiger partial charge in [0, 0.05) is 0 Å². The number of hydrogen-bond donors (Lipinski definition) is 0. The van der Waals surface area contributed by atoms with Gasteiger partial charge in [-0.15, -0.1) is 0 Å². The van der Waals surface area contributed by atoms with Crippen molar-refractivity contribution in [3.05, 3.63) is 0 Å². The lowest BCUT2D eigenvalue weighted by Crippen LogP contribution is -2.06. The number of ether oxygens (including phenoxy) is 1. The maximum Gasteiger partial charge on any atom is 0.307 e. The summed E-state index contributed by atoms with van der Waals surface area (Å²) in [5.74, 6) is -0.343. The minimum absolute atomic E-state index is 0.132. The van der Waals surface area contributed by atoms with Crippen molar-refractivity contribution in [2.45, 2.75) is 13.3 Å². The Hall–Kier alpha value is -0.650. The fourth-order valence-corrected chi connectivity index (χ4v) is 0.343. The third kappa shape index (κ3) is 7.24. The van der Waals surface area contributed by atoms with E-state index in [4.69, 9.17) is 0 Å². The third-order valence-corrected chi connectivity index (χ3v) is 0.831. The second kappa shape index (κ2) is 7.46. The van der Waals surface area contributed by atoms with E-state index in [1.54, 1.807) is 6.92 Å². The van der Waals surface area contributed by atoms with Crippen molar-refractivity contribution in [1.29, 1.82) is 0 Å². The van der Waals surface area contributed by atoms with Crippen LogP contribution in [0.5, 0.6) is 0 Å². The number of carbonyl (C=O) groups excluding carboxylic acids is 1. The molecule has 0 aromatic heterocycles. The monoisotopic (exact) mass is 164 g/mol. The fourth-order valence-electron chi connectivity index (χ4n) is 0.343. The van der Waals surface area contributed by atoms with Crippen molar-refractivity contribution in [1.82, 2.24) is 0 Å². The average molecular weight is 164 g/mol. The van der Waals surface area contributed by atoms with Crippen molar-refractivity contribution in [2.75, 3.05) is 20.3 Å². The first-order valence-corrected chi connectivity index (χ1v) is 3.29. The summed E-state index contributed by atoms with van der Waals surface area (Å²) in [4.78, 5) is 19.2. The summed E-state index contributed by atoms with van der Waals surface area (Å²) in [5, 5.41) is 4.17. The predicted molar refractivity (Wildman–Crippen MR) is 35.3 cm³/mol. The fraction of sp³-hybridized carbons (Fsp3) is 0.833. The minimum atomic E-state index is -0.343. The highest BCUT2D eigenvalue weighted by Crippen LogP contribution is 1.87. The Labute approximate surface area is 65.0 Å². The van der Waals surface area contributed by atoms with E-state index in [0.29, 0.717) is 6.61 Å². The van der Waals surface area contributed by atoms with Crippen molar-refractivity contribution in [3.8, 4) is 0 Å². The van der Waals surface area contributed by atoms with Crippen LogP contribution in [0.3, 0.4) is 0 Å². The molecular formula is C6H12O5. The Morgan fingerprint density at radius 1 is 1.36 bits per heavy atom. The molecule has 0 N–H and O–H groups in total. The second-order valence-corrected chi connectivity index (χ2v) is 1.62. The molecule has 0 aromatic carbocycles. The van der Waals surface area contributed by atoms with Gasteiger partial charge in [0.25, 0.3) is 0 Å². The van der Waals surface area contributed by atoms with E-state index in [0.717, 1.165) is 0 Å². The van der Waals surface area contributed by atoms with Gasteiger partial charge in [-0.3, -0.25) is 4.79 Å². The Kier molecular flexibility index (Phi) is 7.02. The minimum Gasteiger partial charge on any atom is -0.469 e. The van der Waals surface area contributed by atoms with Gasteiger partial charge in [-0.1, -0.05) is 5.04 Å². The van der Waals surface area contributed by atoms with E-state index in [9.17, 15) is 4.79 Å². The van der Waals surface area contributed by atoms with Crippen LogP contribution in [0.25, 0.3) is 0 Å². The number of carbonyl (C=O) groups is 1. The van der Waals surface area contributed by atoms with Crippen LogP contribution in [-0.4, -0.2) is 26.3 Å². The Morgan fingerprint density at radius 3 is 2.64 bits per heavy atom. The summed E-state index contributed by atoms with van der Waals surface area (Å²) in [5.41, 5.74) is 0. The normalized spacial score (nSPS) is 9.64. The van der Waals surface area contributed by atoms with Gasteiger partial charge < -0.3 is 4.74 Å². The Balaban J connectivity index is 2.95. The summed E-state index contributed by atoms with van der Waals surface area (Å²) < 4.78 is 4.34. The smallest absolute Gasteiger partial charge is 0.307 e. The molecular weight excluding hydrogens is 152 g/mol. The van der Waals surface area contributed by atoms with Gasteiger partial charge in [-0.05, 0) is 6.92 Å². The van der Waals surface area contributed by atoms with Crippen LogP contribution in [0.1, 0.15) is 13.3 Å². The third-order valence-electron chi connectivity index (χ3n) is 0.831. The van der Waals surface area contributed by atoms with Crippen LogP contribution in [0.4, 0.5) is 0 Å². The molecule has 0 aliphatic rings. The molecule has 0 aromatic rings. The van der Waals surface area contributed by atoms with Crippen LogP contribution in [-0.2, 0) is 24.3 Å². The van der Waals surface area contributed by atoms with E-state index in [1.165, 1.54) is 7.11 Å². The molecule has 0 aliphatic heterocycles. The summed E-state index contributed by atoms with van der Waals surface area (Å²) in [6.07, 6.45) is 0.156. The predicted octanol–water partition coefficient (Wildman–Crippen LogP) is 0.449. The van der Waals surface area contributed by atoms with E-state index >= 15 is 0 Å². The highest BCUT2D eigenvalue weighted by atomic mass is 17.5. The zero-order valence-corrected chi connectivity index (χ0v) is 6.66. The molecule has 0 radical (unpaired) electrons. The lowest BCUT2D eigenvalue weighted by atomic mass is 10.5. The summed E-state index contributed by atoms with van der Waals surface area (Å²) in [6, 6.07) is 0. The zero-order chi connectivity index (χ0) is 8.53. The lowest BCUT2D eigenvalue weighted by molar-refractivity contribution is -0.510. The first-order chi connectivity index (χ1) is 5.31. The molecule has 0 unspecified atom stereocenters. The molecule has 0 saturated heterocycles. The highest BCUT2D eigenvalue weighted by molar-refractivity contribution is 5.69. The Bertz CT molecular complexity index is 103. The molecule has 0 fully saturated rings. The topological polar surface area (TPSA) is 54.0 Å². The summed E-state index contributed by atoms with van der Waals surface area (Å²) in [7, 11) is 1.31. The standard InChI is InChI=1S/C6H12O5/c1-3-9-11-10-5-4-6(7)8-2/h3-5H2,1-2H3. The van der Waals surface area contributed by atoms with Gasteiger partial charge in [-0.2, -0.15) is 0 Å². The molecule has 0 saturated carbocycles. The van der Waals surface area contributed by atoms with Gasteiger partial charge >= 0.3 is 5.97 Å². The van der Waals surface area contributed by atoms with Gasteiger partial charge in [0.1, 0.15) is 0 Å². The number of esters is 1. The van der Waals surface area contributed by atoms with Crippen molar-refractivity contribution in [3.63, 3.8) is 0 Å². The highest BCUT2D eigenvalue weighted by Gasteiger charge is 1.99. The molecule has 0 atom stereocenters. The first-order valence-electron chi connectivity index (χ1n) is 3.29. The molecule has 5 heteroatoms. The van der Waals surface area contributed by atoms with Gasteiger partial charge in [0.05, 0.1) is 26.7 Å². The van der Waals surface area contributed by atoms with Gasteiger partial charge in [0.15, 0.2) is 0 Å². The van der Waals surface area contributed by atoms with Crippen LogP contribution in [0.2, 0.25) is 0 Å². The quantitative estimate of drug-likeness (QED) is 0.247.